The van der Waals surface area contributed by atoms with Crippen molar-refractivity contribution < 1.29 is 9.34 Å². The molecule has 1 aromatic carbocycles. The molecule has 0 saturated heterocycles. The Bertz CT molecular complexity index is 824. The lowest BCUT2D eigenvalue weighted by atomic mass is 10.1. The van der Waals surface area contributed by atoms with Crippen LogP contribution in [0.3, 0.4) is 0 Å². The molecule has 6 nitrogen and oxygen atoms in total. The molecular weight excluding hydrogens is 258 g/mol. The van der Waals surface area contributed by atoms with Gasteiger partial charge in [-0.15, -0.1) is 0 Å². The number of nitrogens with zero attached hydrogens (tertiary/aromatic N) is 3. The monoisotopic (exact) mass is 269 g/mol. The lowest BCUT2D eigenvalue weighted by molar-refractivity contribution is -0.385. The van der Waals surface area contributed by atoms with Crippen molar-refractivity contribution in [2.75, 3.05) is 0 Å². The van der Waals surface area contributed by atoms with Crippen molar-refractivity contribution in [3.05, 3.63) is 51.7 Å². The first-order valence-electron chi connectivity index (χ1n) is 6.04. The third-order valence-electron chi connectivity index (χ3n) is 3.05. The Morgan fingerprint density at radius 2 is 1.95 bits per heavy atom. The number of pyridine rings is 1. The highest BCUT2D eigenvalue weighted by molar-refractivity contribution is 5.73. The molecule has 0 aliphatic rings. The van der Waals surface area contributed by atoms with E-state index in [9.17, 15) is 10.1 Å². The number of benzene rings is 1. The van der Waals surface area contributed by atoms with E-state index in [4.69, 9.17) is 4.42 Å². The molecule has 0 N–H and O–H groups in total. The predicted molar refractivity (Wildman–Crippen MR) is 73.4 cm³/mol. The van der Waals surface area contributed by atoms with E-state index in [0.29, 0.717) is 28.2 Å². The van der Waals surface area contributed by atoms with Crippen molar-refractivity contribution in [3.8, 4) is 11.5 Å². The van der Waals surface area contributed by atoms with Gasteiger partial charge in [-0.25, -0.2) is 9.97 Å². The largest absolute Gasteiger partial charge is 0.418 e. The average molecular weight is 269 g/mol. The lowest BCUT2D eigenvalue weighted by Crippen LogP contribution is -1.92. The highest BCUT2D eigenvalue weighted by Crippen LogP contribution is 2.28. The summed E-state index contributed by atoms with van der Waals surface area (Å²) in [5.41, 5.74) is 3.11. The van der Waals surface area contributed by atoms with Gasteiger partial charge in [0.15, 0.2) is 0 Å². The third kappa shape index (κ3) is 2.01. The Balaban J connectivity index is 2.15. The average Bonchev–Trinajstić information content (AvgIpc) is 2.81. The van der Waals surface area contributed by atoms with Crippen molar-refractivity contribution in [2.45, 2.75) is 13.8 Å². The maximum Gasteiger partial charge on any atom is 0.273 e. The highest BCUT2D eigenvalue weighted by Gasteiger charge is 2.15. The van der Waals surface area contributed by atoms with Crippen molar-refractivity contribution >= 4 is 16.9 Å². The van der Waals surface area contributed by atoms with Crippen molar-refractivity contribution in [1.82, 2.24) is 9.97 Å². The Kier molecular flexibility index (Phi) is 2.71. The van der Waals surface area contributed by atoms with Crippen molar-refractivity contribution in [1.29, 1.82) is 0 Å². The van der Waals surface area contributed by atoms with Gasteiger partial charge in [0.25, 0.3) is 5.69 Å². The van der Waals surface area contributed by atoms with E-state index in [-0.39, 0.29) is 5.69 Å². The molecule has 0 saturated carbocycles. The van der Waals surface area contributed by atoms with E-state index >= 15 is 0 Å². The summed E-state index contributed by atoms with van der Waals surface area (Å²) in [5, 5.41) is 11.0. The second-order valence-electron chi connectivity index (χ2n) is 4.55. The van der Waals surface area contributed by atoms with E-state index in [1.807, 2.05) is 19.1 Å². The molecule has 0 radical (unpaired) electrons. The number of hydrogen-bond acceptors (Lipinski definition) is 5. The summed E-state index contributed by atoms with van der Waals surface area (Å²) >= 11 is 0. The quantitative estimate of drug-likeness (QED) is 0.526. The van der Waals surface area contributed by atoms with Gasteiger partial charge in [0.1, 0.15) is 5.52 Å². The van der Waals surface area contributed by atoms with Gasteiger partial charge in [0, 0.05) is 22.9 Å². The molecule has 100 valence electrons. The van der Waals surface area contributed by atoms with E-state index in [0.717, 1.165) is 5.69 Å². The Morgan fingerprint density at radius 3 is 2.70 bits per heavy atom. The van der Waals surface area contributed by atoms with Gasteiger partial charge in [-0.1, -0.05) is 6.07 Å². The fourth-order valence-corrected chi connectivity index (χ4v) is 1.97. The summed E-state index contributed by atoms with van der Waals surface area (Å²) in [4.78, 5) is 19.1. The third-order valence-corrected chi connectivity index (χ3v) is 3.05. The first-order valence-corrected chi connectivity index (χ1v) is 6.04. The van der Waals surface area contributed by atoms with Crippen LogP contribution in [-0.2, 0) is 0 Å². The van der Waals surface area contributed by atoms with Crippen LogP contribution < -0.4 is 0 Å². The number of nitro groups is 1. The number of nitro benzene ring substituents is 1. The molecule has 0 fully saturated rings. The SMILES string of the molecule is Cc1ccc2nc(-c3ccc(C)c([N+](=O)[O-])c3)oc2n1. The van der Waals surface area contributed by atoms with Gasteiger partial charge in [-0.05, 0) is 32.0 Å². The normalized spacial score (nSPS) is 10.9. The summed E-state index contributed by atoms with van der Waals surface area (Å²) in [6.07, 6.45) is 0. The number of hydrogen-bond donors (Lipinski definition) is 0. The number of rotatable bonds is 2. The van der Waals surface area contributed by atoms with Gasteiger partial charge in [-0.3, -0.25) is 10.1 Å². The maximum atomic E-state index is 11.0. The van der Waals surface area contributed by atoms with E-state index in [1.54, 1.807) is 19.1 Å². The smallest absolute Gasteiger partial charge is 0.273 e. The van der Waals surface area contributed by atoms with Crippen LogP contribution in [0.5, 0.6) is 0 Å². The molecule has 0 amide bonds. The zero-order chi connectivity index (χ0) is 14.3. The molecule has 2 aromatic heterocycles. The molecule has 3 aromatic rings. The van der Waals surface area contributed by atoms with Crippen molar-refractivity contribution in [3.63, 3.8) is 0 Å². The number of aromatic nitrogens is 2. The first-order chi connectivity index (χ1) is 9.54. The predicted octanol–water partition coefficient (Wildman–Crippen LogP) is 3.41. The van der Waals surface area contributed by atoms with Crippen molar-refractivity contribution in [2.24, 2.45) is 0 Å². The molecule has 2 heterocycles. The van der Waals surface area contributed by atoms with E-state index in [2.05, 4.69) is 9.97 Å². The Morgan fingerprint density at radius 1 is 1.15 bits per heavy atom. The van der Waals surface area contributed by atoms with Crippen LogP contribution in [0.1, 0.15) is 11.3 Å². The molecule has 0 aliphatic heterocycles. The molecule has 6 heteroatoms. The minimum Gasteiger partial charge on any atom is -0.418 e. The molecule has 3 rings (SSSR count). The van der Waals surface area contributed by atoms with Crippen LogP contribution in [0.25, 0.3) is 22.7 Å². The van der Waals surface area contributed by atoms with Gasteiger partial charge in [-0.2, -0.15) is 0 Å². The standard InChI is InChI=1S/C14H11N3O3/c1-8-3-5-10(7-12(8)17(18)19)13-16-11-6-4-9(2)15-14(11)20-13/h3-7H,1-2H3. The summed E-state index contributed by atoms with van der Waals surface area (Å²) in [7, 11) is 0. The highest BCUT2D eigenvalue weighted by atomic mass is 16.6. The molecule has 0 aliphatic carbocycles. The van der Waals surface area contributed by atoms with Crippen LogP contribution in [-0.4, -0.2) is 14.9 Å². The Labute approximate surface area is 114 Å². The van der Waals surface area contributed by atoms with Gasteiger partial charge in [0.05, 0.1) is 4.92 Å². The Hall–Kier alpha value is -2.76. The van der Waals surface area contributed by atoms with Gasteiger partial charge in [0.2, 0.25) is 11.6 Å². The zero-order valence-electron chi connectivity index (χ0n) is 11.0. The molecule has 0 unspecified atom stereocenters. The lowest BCUT2D eigenvalue weighted by Gasteiger charge is -1.99. The van der Waals surface area contributed by atoms with Crippen LogP contribution in [0.4, 0.5) is 5.69 Å². The molecule has 20 heavy (non-hydrogen) atoms. The molecule has 0 bridgehead atoms. The topological polar surface area (TPSA) is 82.1 Å². The van der Waals surface area contributed by atoms with Gasteiger partial charge >= 0.3 is 0 Å². The number of fused-ring (bicyclic) bond motifs is 1. The minimum absolute atomic E-state index is 0.0499. The van der Waals surface area contributed by atoms with Crippen LogP contribution in [0.2, 0.25) is 0 Å². The summed E-state index contributed by atoms with van der Waals surface area (Å²) < 4.78 is 5.56. The number of aryl methyl sites for hydroxylation is 2. The maximum absolute atomic E-state index is 11.0. The summed E-state index contributed by atoms with van der Waals surface area (Å²) in [5.74, 6) is 0.334. The summed E-state index contributed by atoms with van der Waals surface area (Å²) in [6, 6.07) is 8.55. The summed E-state index contributed by atoms with van der Waals surface area (Å²) in [6.45, 7) is 3.55. The van der Waals surface area contributed by atoms with Gasteiger partial charge < -0.3 is 4.42 Å². The first kappa shape index (κ1) is 12.3. The van der Waals surface area contributed by atoms with Crippen LogP contribution >= 0.6 is 0 Å². The molecule has 0 atom stereocenters. The molecule has 0 spiro atoms. The van der Waals surface area contributed by atoms with Crippen LogP contribution in [0, 0.1) is 24.0 Å². The van der Waals surface area contributed by atoms with E-state index < -0.39 is 4.92 Å². The minimum atomic E-state index is -0.413. The zero-order valence-corrected chi connectivity index (χ0v) is 11.0. The second kappa shape index (κ2) is 4.41. The second-order valence-corrected chi connectivity index (χ2v) is 4.55. The number of oxazole rings is 1. The fourth-order valence-electron chi connectivity index (χ4n) is 1.97. The fraction of sp³-hybridized carbons (Fsp3) is 0.143. The van der Waals surface area contributed by atoms with E-state index in [1.165, 1.54) is 6.07 Å². The molecular formula is C14H11N3O3. The van der Waals surface area contributed by atoms with Crippen LogP contribution in [0.15, 0.2) is 34.7 Å².